The number of hydrogen-bond donors (Lipinski definition) is 0. The molecule has 0 unspecified atom stereocenters. The third kappa shape index (κ3) is 2.80. The van der Waals surface area contributed by atoms with Gasteiger partial charge in [-0.05, 0) is 30.3 Å². The molecule has 0 bridgehead atoms. The zero-order chi connectivity index (χ0) is 17.2. The SMILES string of the molecule is O=C(OCn1nnc2ccccc2c1=O)c1ccc2nccnc2c1. The molecule has 8 nitrogen and oxygen atoms in total. The molecular formula is C17H11N5O3. The molecule has 8 heteroatoms. The number of rotatable bonds is 3. The number of carbonyl (C=O) groups excluding carboxylic acids is 1. The van der Waals surface area contributed by atoms with Gasteiger partial charge in [-0.1, -0.05) is 17.3 Å². The lowest BCUT2D eigenvalue weighted by Crippen LogP contribution is -2.26. The van der Waals surface area contributed by atoms with Crippen molar-refractivity contribution in [3.05, 3.63) is 70.8 Å². The molecule has 0 fully saturated rings. The molecule has 2 heterocycles. The number of fused-ring (bicyclic) bond motifs is 2. The van der Waals surface area contributed by atoms with Crippen LogP contribution in [0, 0.1) is 0 Å². The molecular weight excluding hydrogens is 322 g/mol. The topological polar surface area (TPSA) is 99.9 Å². The number of ether oxygens (including phenoxy) is 1. The predicted molar refractivity (Wildman–Crippen MR) is 88.8 cm³/mol. The van der Waals surface area contributed by atoms with E-state index in [2.05, 4.69) is 20.3 Å². The monoisotopic (exact) mass is 333 g/mol. The Morgan fingerprint density at radius 2 is 1.80 bits per heavy atom. The van der Waals surface area contributed by atoms with E-state index >= 15 is 0 Å². The molecule has 0 atom stereocenters. The highest BCUT2D eigenvalue weighted by Gasteiger charge is 2.11. The summed E-state index contributed by atoms with van der Waals surface area (Å²) in [5.74, 6) is -0.589. The summed E-state index contributed by atoms with van der Waals surface area (Å²) in [7, 11) is 0. The Morgan fingerprint density at radius 1 is 1.00 bits per heavy atom. The van der Waals surface area contributed by atoms with Gasteiger partial charge in [-0.15, -0.1) is 5.10 Å². The molecule has 4 aromatic rings. The van der Waals surface area contributed by atoms with Crippen molar-refractivity contribution in [2.24, 2.45) is 0 Å². The zero-order valence-corrected chi connectivity index (χ0v) is 12.9. The summed E-state index contributed by atoms with van der Waals surface area (Å²) in [6, 6.07) is 11.7. The van der Waals surface area contributed by atoms with Crippen molar-refractivity contribution in [1.29, 1.82) is 0 Å². The quantitative estimate of drug-likeness (QED) is 0.524. The fraction of sp³-hybridized carbons (Fsp3) is 0.0588. The fourth-order valence-corrected chi connectivity index (χ4v) is 2.40. The first-order valence-electron chi connectivity index (χ1n) is 7.43. The Hall–Kier alpha value is -3.68. The van der Waals surface area contributed by atoms with Crippen molar-refractivity contribution in [3.63, 3.8) is 0 Å². The molecule has 4 rings (SSSR count). The average molecular weight is 333 g/mol. The Morgan fingerprint density at radius 3 is 2.68 bits per heavy atom. The molecule has 25 heavy (non-hydrogen) atoms. The first kappa shape index (κ1) is 14.9. The maximum absolute atomic E-state index is 12.3. The van der Waals surface area contributed by atoms with Crippen molar-refractivity contribution in [2.45, 2.75) is 6.73 Å². The van der Waals surface area contributed by atoms with E-state index in [9.17, 15) is 9.59 Å². The van der Waals surface area contributed by atoms with E-state index in [-0.39, 0.29) is 12.3 Å². The van der Waals surface area contributed by atoms with Crippen molar-refractivity contribution in [3.8, 4) is 0 Å². The van der Waals surface area contributed by atoms with Gasteiger partial charge in [0.25, 0.3) is 5.56 Å². The lowest BCUT2D eigenvalue weighted by Gasteiger charge is -2.07. The summed E-state index contributed by atoms with van der Waals surface area (Å²) in [5, 5.41) is 8.13. The van der Waals surface area contributed by atoms with E-state index in [1.165, 1.54) is 0 Å². The van der Waals surface area contributed by atoms with Crippen LogP contribution in [-0.4, -0.2) is 30.9 Å². The predicted octanol–water partition coefficient (Wildman–Crippen LogP) is 1.55. The summed E-state index contributed by atoms with van der Waals surface area (Å²) >= 11 is 0. The lowest BCUT2D eigenvalue weighted by molar-refractivity contribution is 0.0336. The molecule has 0 aliphatic heterocycles. The van der Waals surface area contributed by atoms with Crippen LogP contribution in [0.1, 0.15) is 10.4 Å². The van der Waals surface area contributed by atoms with Gasteiger partial charge in [0.05, 0.1) is 22.0 Å². The maximum atomic E-state index is 12.3. The maximum Gasteiger partial charge on any atom is 0.339 e. The van der Waals surface area contributed by atoms with E-state index < -0.39 is 5.97 Å². The van der Waals surface area contributed by atoms with Crippen LogP contribution in [0.15, 0.2) is 59.7 Å². The number of nitrogens with zero attached hydrogens (tertiary/aromatic N) is 5. The normalized spacial score (nSPS) is 10.9. The van der Waals surface area contributed by atoms with Gasteiger partial charge in [-0.25, -0.2) is 4.79 Å². The third-order valence-corrected chi connectivity index (χ3v) is 3.65. The lowest BCUT2D eigenvalue weighted by atomic mass is 10.2. The molecule has 0 aliphatic carbocycles. The van der Waals surface area contributed by atoms with Crippen LogP contribution in [0.4, 0.5) is 0 Å². The van der Waals surface area contributed by atoms with Crippen LogP contribution in [0.5, 0.6) is 0 Å². The van der Waals surface area contributed by atoms with Gasteiger partial charge in [-0.2, -0.15) is 4.68 Å². The first-order valence-corrected chi connectivity index (χ1v) is 7.43. The number of carbonyl (C=O) groups is 1. The first-order chi connectivity index (χ1) is 12.2. The van der Waals surface area contributed by atoms with Crippen LogP contribution < -0.4 is 5.56 Å². The Bertz CT molecular complexity index is 1160. The number of benzene rings is 2. The molecule has 2 aromatic heterocycles. The largest absolute Gasteiger partial charge is 0.439 e. The second kappa shape index (κ2) is 6.08. The van der Waals surface area contributed by atoms with Gasteiger partial charge < -0.3 is 4.74 Å². The molecule has 2 aromatic carbocycles. The van der Waals surface area contributed by atoms with Crippen molar-refractivity contribution < 1.29 is 9.53 Å². The molecule has 0 aliphatic rings. The smallest absolute Gasteiger partial charge is 0.339 e. The number of esters is 1. The molecule has 0 N–H and O–H groups in total. The van der Waals surface area contributed by atoms with Crippen LogP contribution in [-0.2, 0) is 11.5 Å². The highest BCUT2D eigenvalue weighted by Crippen LogP contribution is 2.12. The molecule has 122 valence electrons. The second-order valence-electron chi connectivity index (χ2n) is 5.23. The minimum absolute atomic E-state index is 0.315. The summed E-state index contributed by atoms with van der Waals surface area (Å²) < 4.78 is 6.17. The van der Waals surface area contributed by atoms with Gasteiger partial charge in [-0.3, -0.25) is 14.8 Å². The number of aromatic nitrogens is 5. The average Bonchev–Trinajstić information content (AvgIpc) is 2.67. The van der Waals surface area contributed by atoms with Crippen LogP contribution >= 0.6 is 0 Å². The Kier molecular flexibility index (Phi) is 3.62. The highest BCUT2D eigenvalue weighted by atomic mass is 16.5. The van der Waals surface area contributed by atoms with Gasteiger partial charge >= 0.3 is 5.97 Å². The summed E-state index contributed by atoms with van der Waals surface area (Å²) in [6.07, 6.45) is 3.12. The van der Waals surface area contributed by atoms with E-state index in [1.807, 2.05) is 0 Å². The minimum Gasteiger partial charge on any atom is -0.439 e. The van der Waals surface area contributed by atoms with Crippen LogP contribution in [0.25, 0.3) is 21.9 Å². The van der Waals surface area contributed by atoms with E-state index in [0.717, 1.165) is 4.68 Å². The second-order valence-corrected chi connectivity index (χ2v) is 5.23. The summed E-state index contributed by atoms with van der Waals surface area (Å²) in [5.41, 5.74) is 1.69. The van der Waals surface area contributed by atoms with Crippen molar-refractivity contribution in [1.82, 2.24) is 25.0 Å². The highest BCUT2D eigenvalue weighted by molar-refractivity contribution is 5.93. The van der Waals surface area contributed by atoms with Crippen LogP contribution in [0.3, 0.4) is 0 Å². The minimum atomic E-state index is -0.589. The van der Waals surface area contributed by atoms with E-state index in [4.69, 9.17) is 4.74 Å². The summed E-state index contributed by atoms with van der Waals surface area (Å²) in [6.45, 7) is -0.325. The molecule has 0 saturated carbocycles. The van der Waals surface area contributed by atoms with Crippen molar-refractivity contribution >= 4 is 27.9 Å². The van der Waals surface area contributed by atoms with Gasteiger partial charge in [0, 0.05) is 12.4 Å². The summed E-state index contributed by atoms with van der Waals surface area (Å²) in [4.78, 5) is 32.8. The standard InChI is InChI=1S/C17H11N5O3/c23-16-12-3-1-2-4-13(12)20-21-22(16)10-25-17(24)11-5-6-14-15(9-11)19-8-7-18-14/h1-9H,10H2. The molecule has 0 saturated heterocycles. The molecule has 0 spiro atoms. The Labute approximate surface area is 140 Å². The van der Waals surface area contributed by atoms with Crippen LogP contribution in [0.2, 0.25) is 0 Å². The third-order valence-electron chi connectivity index (χ3n) is 3.65. The Balaban J connectivity index is 1.57. The van der Waals surface area contributed by atoms with Gasteiger partial charge in [0.1, 0.15) is 5.52 Å². The van der Waals surface area contributed by atoms with E-state index in [1.54, 1.807) is 54.9 Å². The molecule has 0 radical (unpaired) electrons. The zero-order valence-electron chi connectivity index (χ0n) is 12.9. The van der Waals surface area contributed by atoms with Gasteiger partial charge in [0.15, 0.2) is 6.73 Å². The number of hydrogen-bond acceptors (Lipinski definition) is 7. The fourth-order valence-electron chi connectivity index (χ4n) is 2.40. The van der Waals surface area contributed by atoms with Gasteiger partial charge in [0.2, 0.25) is 0 Å². The van der Waals surface area contributed by atoms with Crippen molar-refractivity contribution in [2.75, 3.05) is 0 Å². The molecule has 0 amide bonds. The van der Waals surface area contributed by atoms with E-state index in [0.29, 0.717) is 27.5 Å².